The molecule has 28 nitrogen and oxygen atoms in total. The highest BCUT2D eigenvalue weighted by Gasteiger charge is 2.49. The molecule has 39 heteroatoms. The highest BCUT2D eigenvalue weighted by atomic mass is 32.2. The average molecular weight is 1890 g/mol. The number of aromatic hydroxyl groups is 3. The van der Waals surface area contributed by atoms with Gasteiger partial charge in [-0.25, -0.2) is 62.3 Å². The first-order chi connectivity index (χ1) is 64.0. The molecule has 3 saturated heterocycles. The van der Waals surface area contributed by atoms with Crippen molar-refractivity contribution in [3.63, 3.8) is 0 Å². The second kappa shape index (κ2) is 35.6. The zero-order chi connectivity index (χ0) is 97.5. The molecule has 0 spiro atoms. The Balaban J connectivity index is 0.000000147. The first kappa shape index (κ1) is 94.0. The number of anilines is 4. The maximum Gasteiger partial charge on any atom is 0.354 e. The third kappa shape index (κ3) is 15.5. The predicted molar refractivity (Wildman–Crippen MR) is 492 cm³/mol. The molecule has 0 saturated carbocycles. The molecule has 6 aliphatic heterocycles. The molecule has 18 rings (SSSR count). The number of benzene rings is 6. The number of aryl methyl sites for hydroxylation is 3. The van der Waals surface area contributed by atoms with Gasteiger partial charge in [-0.2, -0.15) is 15.0 Å². The Kier molecular flexibility index (Phi) is 24.8. The Hall–Kier alpha value is -14.2. The number of pyridine rings is 3. The summed E-state index contributed by atoms with van der Waals surface area (Å²) in [7, 11) is -4.70. The van der Waals surface area contributed by atoms with Crippen LogP contribution in [0.1, 0.15) is 114 Å². The maximum absolute atomic E-state index is 17.2. The molecular formula is C96H89F9N16O12S2. The van der Waals surface area contributed by atoms with Crippen molar-refractivity contribution < 1.29 is 82.4 Å². The van der Waals surface area contributed by atoms with E-state index in [2.05, 4.69) is 55.0 Å². The molecule has 6 aromatic carbocycles. The van der Waals surface area contributed by atoms with Gasteiger partial charge in [0.2, 0.25) is 23.6 Å². The summed E-state index contributed by atoms with van der Waals surface area (Å²) < 4.78 is 179. The lowest BCUT2D eigenvalue weighted by Crippen LogP contribution is -2.62. The molecule has 3 fully saturated rings. The monoisotopic (exact) mass is 1890 g/mol. The first-order valence-electron chi connectivity index (χ1n) is 43.0. The number of nitrogens with one attached hydrogen (secondary N) is 1. The summed E-state index contributed by atoms with van der Waals surface area (Å²) in [6.45, 7) is 32.1. The maximum atomic E-state index is 17.2. The second-order valence-electron chi connectivity index (χ2n) is 34.8. The third-order valence-electron chi connectivity index (χ3n) is 25.3. The summed E-state index contributed by atoms with van der Waals surface area (Å²) in [5, 5.41) is 33.7. The number of carbonyl (C=O) groups excluding carboxylic acids is 4. The highest BCUT2D eigenvalue weighted by Crippen LogP contribution is 2.53. The number of halogens is 9. The summed E-state index contributed by atoms with van der Waals surface area (Å²) in [6.07, 6.45) is 8.06. The van der Waals surface area contributed by atoms with Crippen LogP contribution in [0.2, 0.25) is 0 Å². The van der Waals surface area contributed by atoms with E-state index in [1.54, 1.807) is 77.8 Å². The number of sulfone groups is 1. The van der Waals surface area contributed by atoms with Crippen LogP contribution >= 0.6 is 11.8 Å². The van der Waals surface area contributed by atoms with Crippen molar-refractivity contribution >= 4 is 101 Å². The summed E-state index contributed by atoms with van der Waals surface area (Å²) in [5.41, 5.74) is -6.64. The standard InChI is InChI=1S/C32H29F3N6O4.C32H30F3N5O5S.C32H30F3N5O3S/c1-6-20(43)39-13-18-31(44)37-27-23-29(25(35)22(24(27)34)21-17(33)8-7-9-19(21)42)41(28-15(4)10-11-36-26(28)14(2)3)32(45)38-30(23)40(18)12-16(39)5;1-6-21(42)38-13-18-14-46(44,45)30-24-29(25(34)23(26(30)35)22-19(33)8-7-9-20(22)41)40(28-16(4)10-11-36-27(28)15(2)3)32(43)37-31(24)39(18)12-17(38)5;1-6-21(42)38-13-18-14-44-30-24-29(25(34)23(26(30)35)22-19(33)8-7-9-20(22)41)40(28-16(4)10-11-36-27(28)15(2)3)32(43)37-31(24)39(18)12-17(38)5/h6-11,14,16,18,42H,1,12-13H2,2-5H3,(H,37,44);6-11,15,17-18,41H,1,12-14H2,2-5H3;6-11,15,17-18,41H,1,12-14H2,2-5H3. The van der Waals surface area contributed by atoms with E-state index in [1.165, 1.54) is 50.2 Å². The van der Waals surface area contributed by atoms with Crippen LogP contribution in [0.4, 0.5) is 62.7 Å². The lowest BCUT2D eigenvalue weighted by molar-refractivity contribution is -0.131. The summed E-state index contributed by atoms with van der Waals surface area (Å²) in [5.74, 6) is -17.3. The average Bonchev–Trinajstić information content (AvgIpc) is 1.66. The summed E-state index contributed by atoms with van der Waals surface area (Å²) >= 11 is 1.07. The second-order valence-corrected chi connectivity index (χ2v) is 37.8. The number of fused-ring (bicyclic) bond motifs is 6. The quantitative estimate of drug-likeness (QED) is 0.0501. The number of nitrogens with zero attached hydrogens (tertiary/aromatic N) is 15. The molecule has 12 heterocycles. The van der Waals surface area contributed by atoms with Gasteiger partial charge in [-0.05, 0) is 149 Å². The molecule has 0 bridgehead atoms. The van der Waals surface area contributed by atoms with E-state index in [0.29, 0.717) is 39.5 Å². The summed E-state index contributed by atoms with van der Waals surface area (Å²) in [6, 6.07) is 10.5. The van der Waals surface area contributed by atoms with Gasteiger partial charge in [-0.3, -0.25) is 47.8 Å². The Morgan fingerprint density at radius 1 is 0.452 bits per heavy atom. The van der Waals surface area contributed by atoms with E-state index in [0.717, 1.165) is 80.1 Å². The van der Waals surface area contributed by atoms with Crippen molar-refractivity contribution in [3.05, 3.63) is 247 Å². The van der Waals surface area contributed by atoms with Gasteiger partial charge in [0, 0.05) is 75.2 Å². The molecule has 4 amide bonds. The number of amides is 4. The molecule has 700 valence electrons. The molecule has 0 aliphatic carbocycles. The minimum Gasteiger partial charge on any atom is -0.507 e. The number of aromatic nitrogens is 9. The fourth-order valence-corrected chi connectivity index (χ4v) is 22.1. The van der Waals surface area contributed by atoms with Crippen LogP contribution in [0.15, 0.2) is 154 Å². The van der Waals surface area contributed by atoms with Crippen molar-refractivity contribution in [1.82, 2.24) is 58.3 Å². The Morgan fingerprint density at radius 3 is 1.20 bits per heavy atom. The molecule has 6 unspecified atom stereocenters. The number of piperazine rings is 3. The number of hydrogen-bond donors (Lipinski definition) is 4. The topological polar surface area (TPSA) is 338 Å². The number of phenols is 3. The zero-order valence-corrected chi connectivity index (χ0v) is 76.4. The van der Waals surface area contributed by atoms with Gasteiger partial charge in [0.15, 0.2) is 38.9 Å². The van der Waals surface area contributed by atoms with Crippen molar-refractivity contribution in [2.24, 2.45) is 0 Å². The van der Waals surface area contributed by atoms with Gasteiger partial charge >= 0.3 is 17.1 Å². The first-order valence-corrected chi connectivity index (χ1v) is 45.7. The molecule has 135 heavy (non-hydrogen) atoms. The SMILES string of the molecule is C=CC(=O)N1CC2C(=O)Nc3c(F)c(-c4c(O)cccc4F)c(F)c4c3c(nc(=O)n4-c3c(C)ccnc3C(C)C)N2CC1C.C=CC(=O)N1CC2CS(=O)(=O)c3c(F)c(-c4c(O)cccc4F)c(F)c4c3c(nc(=O)n4-c3c(C)ccnc3C(C)C)N2CC1C.C=CC(=O)N1CC2CSc3c(F)c(-c4c(O)cccc4F)c(F)c4c3c(nc(=O)n4-c3c(C)ccnc3C(C)C)N2CC1C. The molecule has 6 atom stereocenters. The van der Waals surface area contributed by atoms with E-state index in [1.807, 2.05) is 39.5 Å². The number of thioether (sulfide) groups is 1. The van der Waals surface area contributed by atoms with Gasteiger partial charge in [0.1, 0.15) is 74.4 Å². The van der Waals surface area contributed by atoms with Gasteiger partial charge in [0.25, 0.3) is 0 Å². The van der Waals surface area contributed by atoms with Gasteiger partial charge in [-0.15, -0.1) is 11.8 Å². The van der Waals surface area contributed by atoms with E-state index >= 15 is 39.5 Å². The van der Waals surface area contributed by atoms with Crippen molar-refractivity contribution in [3.8, 4) is 67.7 Å². The van der Waals surface area contributed by atoms with Crippen molar-refractivity contribution in [2.75, 3.05) is 70.8 Å². The third-order valence-corrected chi connectivity index (χ3v) is 28.3. The lowest BCUT2D eigenvalue weighted by atomic mass is 9.97. The largest absolute Gasteiger partial charge is 0.507 e. The zero-order valence-electron chi connectivity index (χ0n) is 74.8. The Labute approximate surface area is 770 Å². The minimum absolute atomic E-state index is 0.00901. The fraction of sp³-hybridized carbons (Fsp3) is 0.302. The predicted octanol–water partition coefficient (Wildman–Crippen LogP) is 14.6. The van der Waals surface area contributed by atoms with Crippen LogP contribution in [0, 0.1) is 73.1 Å². The number of phenolic OH excluding ortho intramolecular Hbond substituents is 3. The number of carbonyl (C=O) groups is 4. The summed E-state index contributed by atoms with van der Waals surface area (Å²) in [4.78, 5) is 128. The molecule has 6 aliphatic rings. The number of hydrogen-bond acceptors (Lipinski definition) is 22. The molecular weight excluding hydrogens is 1800 g/mol. The van der Waals surface area contributed by atoms with Crippen LogP contribution in [0.5, 0.6) is 17.2 Å². The number of rotatable bonds is 12. The molecule has 4 N–H and O–H groups in total. The van der Waals surface area contributed by atoms with E-state index in [4.69, 9.17) is 0 Å². The van der Waals surface area contributed by atoms with Crippen LogP contribution in [-0.2, 0) is 29.0 Å². The van der Waals surface area contributed by atoms with Gasteiger partial charge < -0.3 is 50.0 Å². The van der Waals surface area contributed by atoms with Gasteiger partial charge in [-0.1, -0.05) is 79.5 Å². The smallest absolute Gasteiger partial charge is 0.354 e. The molecule has 0 radical (unpaired) electrons. The van der Waals surface area contributed by atoms with E-state index in [9.17, 15) is 57.3 Å². The Morgan fingerprint density at radius 2 is 0.800 bits per heavy atom. The van der Waals surface area contributed by atoms with Crippen LogP contribution in [-0.4, -0.2) is 193 Å². The highest BCUT2D eigenvalue weighted by molar-refractivity contribution is 7.99. The van der Waals surface area contributed by atoms with E-state index < -0.39 is 211 Å². The van der Waals surface area contributed by atoms with Crippen molar-refractivity contribution in [2.45, 2.75) is 147 Å². The van der Waals surface area contributed by atoms with Crippen molar-refractivity contribution in [1.29, 1.82) is 0 Å². The van der Waals surface area contributed by atoms with Gasteiger partial charge in [0.05, 0.1) is 130 Å². The van der Waals surface area contributed by atoms with Crippen LogP contribution in [0.25, 0.3) is 83.2 Å². The fourth-order valence-electron chi connectivity index (χ4n) is 19.0. The minimum atomic E-state index is -4.70. The van der Waals surface area contributed by atoms with E-state index in [-0.39, 0.29) is 125 Å². The van der Waals surface area contributed by atoms with Crippen LogP contribution < -0.4 is 37.1 Å². The Bertz CT molecular complexity index is 7400. The molecule has 12 aromatic rings. The molecule has 6 aromatic heterocycles. The lowest BCUT2D eigenvalue weighted by Gasteiger charge is -2.45. The van der Waals surface area contributed by atoms with Crippen LogP contribution in [0.3, 0.4) is 0 Å². The normalized spacial score (nSPS) is 18.2.